The van der Waals surface area contributed by atoms with E-state index in [1.807, 2.05) is 30.3 Å². The van der Waals surface area contributed by atoms with E-state index < -0.39 is 28.5 Å². The van der Waals surface area contributed by atoms with Crippen molar-refractivity contribution in [1.29, 1.82) is 0 Å². The zero-order valence-corrected chi connectivity index (χ0v) is 26.4. The molecule has 0 aliphatic heterocycles. The Kier molecular flexibility index (Phi) is 11.1. The maximum atomic E-state index is 14.4. The summed E-state index contributed by atoms with van der Waals surface area (Å²) in [6.45, 7) is 1.48. The molecular weight excluding hydrogens is 629 g/mol. The number of carbonyl (C=O) groups is 2. The van der Waals surface area contributed by atoms with Crippen molar-refractivity contribution in [3.8, 4) is 0 Å². The van der Waals surface area contributed by atoms with Crippen LogP contribution in [0.1, 0.15) is 18.1 Å². The molecule has 11 heteroatoms. The molecule has 224 valence electrons. The maximum absolute atomic E-state index is 14.4. The van der Waals surface area contributed by atoms with Crippen LogP contribution in [0.2, 0.25) is 15.1 Å². The zero-order valence-electron chi connectivity index (χ0n) is 23.3. The topological polar surface area (TPSA) is 86.8 Å². The maximum Gasteiger partial charge on any atom is 0.264 e. The lowest BCUT2D eigenvalue weighted by Crippen LogP contribution is -2.53. The molecular formula is C32H30Cl3N3O4S. The summed E-state index contributed by atoms with van der Waals surface area (Å²) in [5.74, 6) is -0.998. The van der Waals surface area contributed by atoms with E-state index in [2.05, 4.69) is 5.32 Å². The van der Waals surface area contributed by atoms with Gasteiger partial charge < -0.3 is 10.2 Å². The minimum absolute atomic E-state index is 0.00344. The van der Waals surface area contributed by atoms with Gasteiger partial charge in [-0.25, -0.2) is 8.42 Å². The molecule has 1 N–H and O–H groups in total. The third-order valence-corrected chi connectivity index (χ3v) is 9.21. The summed E-state index contributed by atoms with van der Waals surface area (Å²) in [6.07, 6.45) is 0.197. The summed E-state index contributed by atoms with van der Waals surface area (Å²) in [5.41, 5.74) is 1.53. The second-order valence-corrected chi connectivity index (χ2v) is 12.8. The SMILES string of the molecule is CCNC(=O)C(Cc1ccccc1)N(Cc1cccc(Cl)c1)C(=O)CN(c1cc(Cl)ccc1Cl)S(=O)(=O)c1ccccc1. The fourth-order valence-corrected chi connectivity index (χ4v) is 6.68. The monoisotopic (exact) mass is 657 g/mol. The lowest BCUT2D eigenvalue weighted by molar-refractivity contribution is -0.140. The Morgan fingerprint density at radius 2 is 1.42 bits per heavy atom. The molecule has 0 saturated heterocycles. The highest BCUT2D eigenvalue weighted by Crippen LogP contribution is 2.33. The smallest absolute Gasteiger partial charge is 0.264 e. The molecule has 0 bridgehead atoms. The van der Waals surface area contributed by atoms with Gasteiger partial charge in [-0.2, -0.15) is 0 Å². The van der Waals surface area contributed by atoms with Crippen LogP contribution in [0.15, 0.2) is 108 Å². The molecule has 1 unspecified atom stereocenters. The molecule has 4 rings (SSSR count). The van der Waals surface area contributed by atoms with Crippen LogP contribution in [0, 0.1) is 0 Å². The number of benzene rings is 4. The fourth-order valence-electron chi connectivity index (χ4n) is 4.59. The number of likely N-dealkylation sites (N-methyl/N-ethyl adjacent to an activating group) is 1. The van der Waals surface area contributed by atoms with Crippen LogP contribution in [0.25, 0.3) is 0 Å². The Hall–Kier alpha value is -3.56. The summed E-state index contributed by atoms with van der Waals surface area (Å²) >= 11 is 19.0. The summed E-state index contributed by atoms with van der Waals surface area (Å²) in [7, 11) is -4.30. The Morgan fingerprint density at radius 3 is 2.07 bits per heavy atom. The molecule has 0 aliphatic carbocycles. The van der Waals surface area contributed by atoms with E-state index in [-0.39, 0.29) is 39.5 Å². The predicted octanol–water partition coefficient (Wildman–Crippen LogP) is 6.62. The molecule has 0 radical (unpaired) electrons. The summed E-state index contributed by atoms with van der Waals surface area (Å²) in [4.78, 5) is 29.2. The molecule has 0 aromatic heterocycles. The van der Waals surface area contributed by atoms with Gasteiger partial charge in [-0.05, 0) is 60.5 Å². The van der Waals surface area contributed by atoms with Crippen LogP contribution < -0.4 is 9.62 Å². The van der Waals surface area contributed by atoms with Gasteiger partial charge in [0.15, 0.2) is 0 Å². The number of rotatable bonds is 12. The second-order valence-electron chi connectivity index (χ2n) is 9.67. The Morgan fingerprint density at radius 1 is 0.791 bits per heavy atom. The molecule has 1 atom stereocenters. The molecule has 43 heavy (non-hydrogen) atoms. The van der Waals surface area contributed by atoms with Crippen molar-refractivity contribution in [2.45, 2.75) is 30.8 Å². The number of halogens is 3. The van der Waals surface area contributed by atoms with Crippen molar-refractivity contribution in [2.75, 3.05) is 17.4 Å². The van der Waals surface area contributed by atoms with Crippen LogP contribution in [-0.2, 0) is 32.6 Å². The lowest BCUT2D eigenvalue weighted by Gasteiger charge is -2.34. The Balaban J connectivity index is 1.82. The van der Waals surface area contributed by atoms with Gasteiger partial charge in [0, 0.05) is 29.6 Å². The number of hydrogen-bond donors (Lipinski definition) is 1. The third kappa shape index (κ3) is 8.30. The van der Waals surface area contributed by atoms with Gasteiger partial charge in [-0.1, -0.05) is 95.5 Å². The molecule has 0 fully saturated rings. The van der Waals surface area contributed by atoms with E-state index in [9.17, 15) is 18.0 Å². The predicted molar refractivity (Wildman–Crippen MR) is 172 cm³/mol. The van der Waals surface area contributed by atoms with E-state index in [4.69, 9.17) is 34.8 Å². The molecule has 4 aromatic rings. The second kappa shape index (κ2) is 14.8. The van der Waals surface area contributed by atoms with E-state index >= 15 is 0 Å². The lowest BCUT2D eigenvalue weighted by atomic mass is 10.0. The van der Waals surface area contributed by atoms with E-state index in [0.717, 1.165) is 9.87 Å². The van der Waals surface area contributed by atoms with Crippen LogP contribution >= 0.6 is 34.8 Å². The van der Waals surface area contributed by atoms with Crippen LogP contribution in [0.5, 0.6) is 0 Å². The first-order valence-electron chi connectivity index (χ1n) is 13.5. The molecule has 0 heterocycles. The van der Waals surface area contributed by atoms with Gasteiger partial charge in [0.25, 0.3) is 10.0 Å². The number of amides is 2. The minimum atomic E-state index is -4.30. The molecule has 2 amide bonds. The molecule has 0 spiro atoms. The van der Waals surface area contributed by atoms with Crippen molar-refractivity contribution in [1.82, 2.24) is 10.2 Å². The molecule has 0 saturated carbocycles. The van der Waals surface area contributed by atoms with E-state index in [1.54, 1.807) is 49.4 Å². The minimum Gasteiger partial charge on any atom is -0.355 e. The number of anilines is 1. The zero-order chi connectivity index (χ0) is 31.0. The van der Waals surface area contributed by atoms with Gasteiger partial charge in [-0.3, -0.25) is 13.9 Å². The Labute approximate surface area is 267 Å². The van der Waals surface area contributed by atoms with Crippen LogP contribution in [0.4, 0.5) is 5.69 Å². The average Bonchev–Trinajstić information content (AvgIpc) is 3.00. The molecule has 7 nitrogen and oxygen atoms in total. The van der Waals surface area contributed by atoms with E-state index in [0.29, 0.717) is 17.1 Å². The first-order chi connectivity index (χ1) is 20.6. The third-order valence-electron chi connectivity index (χ3n) is 6.65. The Bertz CT molecular complexity index is 1670. The molecule has 4 aromatic carbocycles. The van der Waals surface area contributed by atoms with Crippen LogP contribution in [-0.4, -0.2) is 44.3 Å². The number of sulfonamides is 1. The highest BCUT2D eigenvalue weighted by Gasteiger charge is 2.35. The summed E-state index contributed by atoms with van der Waals surface area (Å²) < 4.78 is 29.0. The van der Waals surface area contributed by atoms with Crippen molar-refractivity contribution in [3.63, 3.8) is 0 Å². The van der Waals surface area contributed by atoms with Crippen LogP contribution in [0.3, 0.4) is 0 Å². The van der Waals surface area contributed by atoms with Gasteiger partial charge in [0.05, 0.1) is 15.6 Å². The van der Waals surface area contributed by atoms with Gasteiger partial charge in [-0.15, -0.1) is 0 Å². The largest absolute Gasteiger partial charge is 0.355 e. The first-order valence-corrected chi connectivity index (χ1v) is 16.1. The number of carbonyl (C=O) groups excluding carboxylic acids is 2. The van der Waals surface area contributed by atoms with Crippen molar-refractivity contribution in [2.24, 2.45) is 0 Å². The number of nitrogens with zero attached hydrogens (tertiary/aromatic N) is 2. The average molecular weight is 659 g/mol. The quantitative estimate of drug-likeness (QED) is 0.185. The van der Waals surface area contributed by atoms with Crippen molar-refractivity contribution in [3.05, 3.63) is 129 Å². The standard InChI is InChI=1S/C32H30Cl3N3O4S/c1-2-36-32(40)30(19-23-10-5-3-6-11-23)37(21-24-12-9-13-25(33)18-24)31(39)22-38(29-20-26(34)16-17-28(29)35)43(41,42)27-14-7-4-8-15-27/h3-18,20,30H,2,19,21-22H2,1H3,(H,36,40). The fraction of sp³-hybridized carbons (Fsp3) is 0.188. The summed E-state index contributed by atoms with van der Waals surface area (Å²) in [5, 5.41) is 3.61. The van der Waals surface area contributed by atoms with Gasteiger partial charge in [0.1, 0.15) is 12.6 Å². The summed E-state index contributed by atoms with van der Waals surface area (Å²) in [6, 6.07) is 27.4. The number of hydrogen-bond acceptors (Lipinski definition) is 4. The molecule has 0 aliphatic rings. The first kappa shape index (κ1) is 32.4. The highest BCUT2D eigenvalue weighted by atomic mass is 35.5. The van der Waals surface area contributed by atoms with Gasteiger partial charge >= 0.3 is 0 Å². The highest BCUT2D eigenvalue weighted by molar-refractivity contribution is 7.92. The van der Waals surface area contributed by atoms with E-state index in [1.165, 1.54) is 35.2 Å². The van der Waals surface area contributed by atoms with Crippen molar-refractivity contribution >= 4 is 62.3 Å². The van der Waals surface area contributed by atoms with Gasteiger partial charge in [0.2, 0.25) is 11.8 Å². The number of nitrogens with one attached hydrogen (secondary N) is 1. The normalized spacial score (nSPS) is 11.9. The van der Waals surface area contributed by atoms with Crippen molar-refractivity contribution < 1.29 is 18.0 Å².